The Labute approximate surface area is 150 Å². The summed E-state index contributed by atoms with van der Waals surface area (Å²) in [6.45, 7) is 8.23. The average molecular weight is 334 g/mol. The smallest absolute Gasteiger partial charge is 0.244 e. The second-order valence-corrected chi connectivity index (χ2v) is 7.88. The largest absolute Gasteiger partial charge is 0.273 e. The van der Waals surface area contributed by atoms with E-state index in [1.807, 2.05) is 43.3 Å². The zero-order valence-corrected chi connectivity index (χ0v) is 15.4. The molecule has 0 aliphatic heterocycles. The predicted molar refractivity (Wildman–Crippen MR) is 102 cm³/mol. The van der Waals surface area contributed by atoms with Crippen molar-refractivity contribution in [1.82, 2.24) is 5.43 Å². The molecular weight excluding hydrogens is 308 g/mol. The normalized spacial score (nSPS) is 19.4. The molecule has 0 aromatic heterocycles. The van der Waals surface area contributed by atoms with Gasteiger partial charge in [-0.1, -0.05) is 81.4 Å². The highest BCUT2D eigenvalue weighted by Gasteiger charge is 2.60. The maximum absolute atomic E-state index is 12.8. The maximum Gasteiger partial charge on any atom is 0.244 e. The second-order valence-electron chi connectivity index (χ2n) is 7.88. The summed E-state index contributed by atoms with van der Waals surface area (Å²) in [5, 5.41) is 4.33. The summed E-state index contributed by atoms with van der Waals surface area (Å²) in [4.78, 5) is 12.8. The molecule has 1 atom stereocenters. The third kappa shape index (κ3) is 3.37. The van der Waals surface area contributed by atoms with E-state index in [0.717, 1.165) is 12.1 Å². The fraction of sp³-hybridized carbons (Fsp3) is 0.364. The van der Waals surface area contributed by atoms with Gasteiger partial charge in [0.2, 0.25) is 5.91 Å². The van der Waals surface area contributed by atoms with Crippen LogP contribution in [0.1, 0.15) is 45.2 Å². The van der Waals surface area contributed by atoms with Crippen molar-refractivity contribution >= 4 is 11.6 Å². The van der Waals surface area contributed by atoms with Crippen molar-refractivity contribution in [3.05, 3.63) is 71.8 Å². The minimum absolute atomic E-state index is 0.00342. The fourth-order valence-corrected chi connectivity index (χ4v) is 3.24. The summed E-state index contributed by atoms with van der Waals surface area (Å²) in [7, 11) is 0. The molecule has 0 heterocycles. The molecule has 1 aliphatic rings. The highest BCUT2D eigenvalue weighted by molar-refractivity contribution is 5.90. The van der Waals surface area contributed by atoms with E-state index in [-0.39, 0.29) is 22.7 Å². The lowest BCUT2D eigenvalue weighted by Gasteiger charge is -2.19. The first-order chi connectivity index (χ1) is 11.9. The number of hydrogen-bond acceptors (Lipinski definition) is 2. The van der Waals surface area contributed by atoms with E-state index < -0.39 is 0 Å². The van der Waals surface area contributed by atoms with Crippen LogP contribution in [0.25, 0.3) is 0 Å². The van der Waals surface area contributed by atoms with E-state index in [0.29, 0.717) is 0 Å². The quantitative estimate of drug-likeness (QED) is 0.648. The van der Waals surface area contributed by atoms with Crippen LogP contribution >= 0.6 is 0 Å². The SMILES string of the molecule is C/C(=N\NC(=O)C1CC1(c1ccccc1)c1ccccc1)C(C)(C)C. The van der Waals surface area contributed by atoms with Crippen LogP contribution in [0.15, 0.2) is 65.8 Å². The van der Waals surface area contributed by atoms with Crippen molar-refractivity contribution < 1.29 is 4.79 Å². The molecule has 0 radical (unpaired) electrons. The molecule has 2 aromatic rings. The van der Waals surface area contributed by atoms with Crippen LogP contribution in [0, 0.1) is 11.3 Å². The number of carbonyl (C=O) groups excluding carboxylic acids is 1. The standard InChI is InChI=1S/C22H26N2O/c1-16(21(2,3)4)23-24-20(25)19-15-22(19,17-11-7-5-8-12-17)18-13-9-6-10-14-18/h5-14,19H,15H2,1-4H3,(H,24,25)/b23-16+. The summed E-state index contributed by atoms with van der Waals surface area (Å²) in [6, 6.07) is 20.6. The van der Waals surface area contributed by atoms with Crippen molar-refractivity contribution in [3.63, 3.8) is 0 Å². The fourth-order valence-electron chi connectivity index (χ4n) is 3.24. The molecule has 1 N–H and O–H groups in total. The Bertz CT molecular complexity index is 733. The number of rotatable bonds is 4. The second kappa shape index (κ2) is 6.47. The predicted octanol–water partition coefficient (Wildman–Crippen LogP) is 4.53. The van der Waals surface area contributed by atoms with Crippen molar-refractivity contribution in [2.45, 2.75) is 39.5 Å². The molecule has 3 heteroatoms. The Hall–Kier alpha value is -2.42. The Morgan fingerprint density at radius 3 is 1.92 bits per heavy atom. The minimum atomic E-state index is -0.238. The topological polar surface area (TPSA) is 41.5 Å². The van der Waals surface area contributed by atoms with Crippen molar-refractivity contribution in [1.29, 1.82) is 0 Å². The van der Waals surface area contributed by atoms with Gasteiger partial charge in [0.1, 0.15) is 0 Å². The first-order valence-corrected chi connectivity index (χ1v) is 8.81. The molecule has 3 rings (SSSR count). The van der Waals surface area contributed by atoms with Crippen LogP contribution in [0.4, 0.5) is 0 Å². The molecule has 1 saturated carbocycles. The molecule has 130 valence electrons. The van der Waals surface area contributed by atoms with E-state index in [1.165, 1.54) is 11.1 Å². The van der Waals surface area contributed by atoms with Gasteiger partial charge in [-0.3, -0.25) is 4.79 Å². The summed E-state index contributed by atoms with van der Waals surface area (Å²) in [5.41, 5.74) is 5.81. The first-order valence-electron chi connectivity index (χ1n) is 8.81. The molecule has 3 nitrogen and oxygen atoms in total. The molecule has 1 aliphatic carbocycles. The van der Waals surface area contributed by atoms with Crippen LogP contribution in [-0.2, 0) is 10.2 Å². The van der Waals surface area contributed by atoms with Crippen LogP contribution in [0.5, 0.6) is 0 Å². The van der Waals surface area contributed by atoms with Gasteiger partial charge < -0.3 is 0 Å². The highest BCUT2D eigenvalue weighted by atomic mass is 16.2. The van der Waals surface area contributed by atoms with Crippen molar-refractivity contribution in [2.75, 3.05) is 0 Å². The number of hydrazone groups is 1. The number of amides is 1. The van der Waals surface area contributed by atoms with Crippen LogP contribution in [-0.4, -0.2) is 11.6 Å². The van der Waals surface area contributed by atoms with E-state index in [2.05, 4.69) is 55.6 Å². The monoisotopic (exact) mass is 334 g/mol. The Morgan fingerprint density at radius 1 is 1.00 bits per heavy atom. The third-order valence-electron chi connectivity index (χ3n) is 5.27. The number of nitrogens with zero attached hydrogens (tertiary/aromatic N) is 1. The van der Waals surface area contributed by atoms with Gasteiger partial charge in [-0.15, -0.1) is 0 Å². The minimum Gasteiger partial charge on any atom is -0.273 e. The lowest BCUT2D eigenvalue weighted by atomic mass is 9.85. The Balaban J connectivity index is 1.87. The molecule has 25 heavy (non-hydrogen) atoms. The number of carbonyl (C=O) groups is 1. The first kappa shape index (κ1) is 17.4. The van der Waals surface area contributed by atoms with Gasteiger partial charge in [0, 0.05) is 16.5 Å². The van der Waals surface area contributed by atoms with Gasteiger partial charge in [-0.25, -0.2) is 5.43 Å². The number of hydrogen-bond donors (Lipinski definition) is 1. The van der Waals surface area contributed by atoms with Gasteiger partial charge in [0.25, 0.3) is 0 Å². The maximum atomic E-state index is 12.8. The van der Waals surface area contributed by atoms with Gasteiger partial charge in [-0.05, 0) is 24.5 Å². The third-order valence-corrected chi connectivity index (χ3v) is 5.27. The molecule has 1 fully saturated rings. The zero-order chi connectivity index (χ0) is 18.1. The number of benzene rings is 2. The average Bonchev–Trinajstić information content (AvgIpc) is 3.37. The summed E-state index contributed by atoms with van der Waals surface area (Å²) in [6.07, 6.45) is 0.816. The lowest BCUT2D eigenvalue weighted by molar-refractivity contribution is -0.122. The summed E-state index contributed by atoms with van der Waals surface area (Å²) >= 11 is 0. The summed E-state index contributed by atoms with van der Waals surface area (Å²) < 4.78 is 0. The van der Waals surface area contributed by atoms with E-state index in [4.69, 9.17) is 0 Å². The number of nitrogens with one attached hydrogen (secondary N) is 1. The summed E-state index contributed by atoms with van der Waals surface area (Å²) in [5.74, 6) is -0.0925. The molecule has 1 amide bonds. The molecular formula is C22H26N2O. The highest BCUT2D eigenvalue weighted by Crippen LogP contribution is 2.58. The van der Waals surface area contributed by atoms with E-state index in [9.17, 15) is 4.79 Å². The molecule has 0 bridgehead atoms. The lowest BCUT2D eigenvalue weighted by Crippen LogP contribution is -2.28. The van der Waals surface area contributed by atoms with Crippen LogP contribution in [0.3, 0.4) is 0 Å². The van der Waals surface area contributed by atoms with Crippen molar-refractivity contribution in [3.8, 4) is 0 Å². The molecule has 0 spiro atoms. The van der Waals surface area contributed by atoms with Crippen LogP contribution < -0.4 is 5.43 Å². The zero-order valence-electron chi connectivity index (χ0n) is 15.4. The van der Waals surface area contributed by atoms with Gasteiger partial charge in [0.05, 0.1) is 5.92 Å². The Kier molecular flexibility index (Phi) is 4.51. The van der Waals surface area contributed by atoms with E-state index >= 15 is 0 Å². The van der Waals surface area contributed by atoms with Gasteiger partial charge in [0.15, 0.2) is 0 Å². The molecule has 0 saturated heterocycles. The van der Waals surface area contributed by atoms with Gasteiger partial charge in [-0.2, -0.15) is 5.10 Å². The van der Waals surface area contributed by atoms with Crippen LogP contribution in [0.2, 0.25) is 0 Å². The molecule has 1 unspecified atom stereocenters. The van der Waals surface area contributed by atoms with Crippen molar-refractivity contribution in [2.24, 2.45) is 16.4 Å². The Morgan fingerprint density at radius 2 is 1.48 bits per heavy atom. The molecule has 2 aromatic carbocycles. The van der Waals surface area contributed by atoms with Gasteiger partial charge >= 0.3 is 0 Å². The van der Waals surface area contributed by atoms with E-state index in [1.54, 1.807) is 0 Å².